The Hall–Kier alpha value is -3.38. The first-order valence-corrected chi connectivity index (χ1v) is 8.30. The van der Waals surface area contributed by atoms with Gasteiger partial charge in [-0.15, -0.1) is 5.06 Å². The van der Waals surface area contributed by atoms with Crippen LogP contribution in [0.15, 0.2) is 73.1 Å². The summed E-state index contributed by atoms with van der Waals surface area (Å²) in [7, 11) is 0. The number of anilines is 1. The third kappa shape index (κ3) is 3.65. The van der Waals surface area contributed by atoms with E-state index in [1.54, 1.807) is 12.4 Å². The molecule has 0 spiro atoms. The van der Waals surface area contributed by atoms with Gasteiger partial charge in [-0.1, -0.05) is 18.2 Å². The minimum atomic E-state index is 0.461. The largest absolute Gasteiger partial charge is 0.439 e. The van der Waals surface area contributed by atoms with Crippen LogP contribution in [-0.4, -0.2) is 21.6 Å². The second-order valence-electron chi connectivity index (χ2n) is 5.84. The number of nitrogens with two attached hydrogens (primary N) is 1. The van der Waals surface area contributed by atoms with Crippen molar-refractivity contribution in [1.29, 1.82) is 0 Å². The third-order valence-electron chi connectivity index (χ3n) is 3.94. The number of para-hydroxylation sites is 1. The van der Waals surface area contributed by atoms with Crippen molar-refractivity contribution in [3.63, 3.8) is 0 Å². The molecule has 0 fully saturated rings. The van der Waals surface area contributed by atoms with E-state index in [4.69, 9.17) is 15.3 Å². The van der Waals surface area contributed by atoms with Crippen LogP contribution in [0.1, 0.15) is 11.1 Å². The fourth-order valence-corrected chi connectivity index (χ4v) is 2.70. The van der Waals surface area contributed by atoms with Gasteiger partial charge in [0.1, 0.15) is 11.6 Å². The van der Waals surface area contributed by atoms with Crippen LogP contribution in [0.4, 0.5) is 5.82 Å². The van der Waals surface area contributed by atoms with E-state index < -0.39 is 0 Å². The van der Waals surface area contributed by atoms with E-state index in [1.807, 2.05) is 65.7 Å². The molecule has 3 aromatic rings. The van der Waals surface area contributed by atoms with Gasteiger partial charge in [0.15, 0.2) is 5.76 Å². The van der Waals surface area contributed by atoms with Gasteiger partial charge in [-0.2, -0.15) is 0 Å². The predicted octanol–water partition coefficient (Wildman–Crippen LogP) is 3.64. The summed E-state index contributed by atoms with van der Waals surface area (Å²) in [6.45, 7) is 1.27. The van der Waals surface area contributed by atoms with Gasteiger partial charge < -0.3 is 15.3 Å². The lowest BCUT2D eigenvalue weighted by Crippen LogP contribution is -2.18. The van der Waals surface area contributed by atoms with Crippen LogP contribution in [0, 0.1) is 0 Å². The zero-order chi connectivity index (χ0) is 17.8. The molecule has 4 rings (SSSR count). The van der Waals surface area contributed by atoms with E-state index in [1.165, 1.54) is 0 Å². The molecule has 1 aliphatic rings. The molecule has 130 valence electrons. The van der Waals surface area contributed by atoms with Crippen LogP contribution < -0.4 is 10.5 Å². The second-order valence-corrected chi connectivity index (χ2v) is 5.84. The fraction of sp³-hybridized carbons (Fsp3) is 0.100. The van der Waals surface area contributed by atoms with Crippen LogP contribution in [0.25, 0.3) is 5.76 Å². The Balaban J connectivity index is 1.41. The van der Waals surface area contributed by atoms with Crippen LogP contribution in [0.3, 0.4) is 0 Å². The Labute approximate surface area is 151 Å². The number of aromatic nitrogens is 2. The lowest BCUT2D eigenvalue weighted by Gasteiger charge is -2.17. The van der Waals surface area contributed by atoms with Gasteiger partial charge in [0.05, 0.1) is 18.7 Å². The van der Waals surface area contributed by atoms with Crippen molar-refractivity contribution in [2.75, 3.05) is 12.3 Å². The van der Waals surface area contributed by atoms with Crippen LogP contribution in [-0.2, 0) is 11.4 Å². The number of hydrogen-bond donors (Lipinski definition) is 1. The number of benzene rings is 1. The lowest BCUT2D eigenvalue weighted by atomic mass is 10.2. The first-order chi connectivity index (χ1) is 12.8. The summed E-state index contributed by atoms with van der Waals surface area (Å²) in [5.41, 5.74) is 7.76. The van der Waals surface area contributed by atoms with Gasteiger partial charge in [-0.3, -0.25) is 0 Å². The molecular formula is C20H18N4O2. The molecule has 0 unspecified atom stereocenters. The maximum Gasteiger partial charge on any atom is 0.219 e. The SMILES string of the molecule is Nc1ncccc1C1=CCN(Cc2ccnc(Oc3ccccc3)c2)O1. The highest BCUT2D eigenvalue weighted by molar-refractivity contribution is 5.69. The zero-order valence-electron chi connectivity index (χ0n) is 14.1. The van der Waals surface area contributed by atoms with E-state index in [0.717, 1.165) is 22.6 Å². The smallest absolute Gasteiger partial charge is 0.219 e. The standard InChI is InChI=1S/C20H18N4O2/c21-20-17(7-4-10-23-20)18-9-12-24(26-18)14-15-8-11-22-19(13-15)25-16-5-2-1-3-6-16/h1-11,13H,12,14H2,(H2,21,23). The topological polar surface area (TPSA) is 73.5 Å². The zero-order valence-corrected chi connectivity index (χ0v) is 14.1. The fourth-order valence-electron chi connectivity index (χ4n) is 2.70. The maximum atomic E-state index is 5.92. The molecule has 1 aromatic carbocycles. The van der Waals surface area contributed by atoms with Gasteiger partial charge in [-0.05, 0) is 42.0 Å². The third-order valence-corrected chi connectivity index (χ3v) is 3.94. The van der Waals surface area contributed by atoms with Crippen molar-refractivity contribution < 1.29 is 9.57 Å². The molecule has 0 amide bonds. The Morgan fingerprint density at radius 1 is 1.04 bits per heavy atom. The summed E-state index contributed by atoms with van der Waals surface area (Å²) < 4.78 is 5.78. The number of pyridine rings is 2. The molecule has 2 N–H and O–H groups in total. The molecule has 0 bridgehead atoms. The van der Waals surface area contributed by atoms with E-state index >= 15 is 0 Å². The lowest BCUT2D eigenvalue weighted by molar-refractivity contribution is -0.0693. The van der Waals surface area contributed by atoms with Gasteiger partial charge in [0.25, 0.3) is 0 Å². The first-order valence-electron chi connectivity index (χ1n) is 8.30. The minimum absolute atomic E-state index is 0.461. The molecule has 2 aromatic heterocycles. The minimum Gasteiger partial charge on any atom is -0.439 e. The van der Waals surface area contributed by atoms with E-state index in [9.17, 15) is 0 Å². The average Bonchev–Trinajstić information content (AvgIpc) is 3.11. The van der Waals surface area contributed by atoms with Crippen molar-refractivity contribution in [3.8, 4) is 11.6 Å². The van der Waals surface area contributed by atoms with Crippen LogP contribution >= 0.6 is 0 Å². The molecule has 0 radical (unpaired) electrons. The summed E-state index contributed by atoms with van der Waals surface area (Å²) in [6, 6.07) is 17.2. The summed E-state index contributed by atoms with van der Waals surface area (Å²) in [5, 5.41) is 1.85. The molecule has 0 saturated carbocycles. The van der Waals surface area contributed by atoms with Crippen molar-refractivity contribution >= 4 is 11.6 Å². The Bertz CT molecular complexity index is 928. The number of ether oxygens (including phenoxy) is 1. The van der Waals surface area contributed by atoms with Gasteiger partial charge in [0, 0.05) is 18.5 Å². The van der Waals surface area contributed by atoms with E-state index in [2.05, 4.69) is 9.97 Å². The summed E-state index contributed by atoms with van der Waals surface area (Å²) >= 11 is 0. The number of nitrogens with zero attached hydrogens (tertiary/aromatic N) is 3. The molecule has 1 aliphatic heterocycles. The van der Waals surface area contributed by atoms with Gasteiger partial charge >= 0.3 is 0 Å². The normalized spacial score (nSPS) is 13.9. The molecule has 3 heterocycles. The molecular weight excluding hydrogens is 328 g/mol. The molecule has 6 heteroatoms. The monoisotopic (exact) mass is 346 g/mol. The van der Waals surface area contributed by atoms with E-state index in [0.29, 0.717) is 24.8 Å². The number of rotatable bonds is 5. The summed E-state index contributed by atoms with van der Waals surface area (Å²) in [5.74, 6) is 2.50. The molecule has 0 saturated heterocycles. The van der Waals surface area contributed by atoms with Crippen molar-refractivity contribution in [2.45, 2.75) is 6.54 Å². The quantitative estimate of drug-likeness (QED) is 0.760. The van der Waals surface area contributed by atoms with E-state index in [-0.39, 0.29) is 0 Å². The van der Waals surface area contributed by atoms with Crippen molar-refractivity contribution in [1.82, 2.24) is 15.0 Å². The second kappa shape index (κ2) is 7.25. The number of hydrogen-bond acceptors (Lipinski definition) is 6. The highest BCUT2D eigenvalue weighted by Gasteiger charge is 2.19. The van der Waals surface area contributed by atoms with Crippen molar-refractivity contribution in [3.05, 3.63) is 84.2 Å². The van der Waals surface area contributed by atoms with Crippen molar-refractivity contribution in [2.24, 2.45) is 0 Å². The summed E-state index contributed by atoms with van der Waals surface area (Å²) in [6.07, 6.45) is 5.39. The Morgan fingerprint density at radius 3 is 2.77 bits per heavy atom. The van der Waals surface area contributed by atoms with Crippen LogP contribution in [0.5, 0.6) is 11.6 Å². The summed E-state index contributed by atoms with van der Waals surface area (Å²) in [4.78, 5) is 14.3. The van der Waals surface area contributed by atoms with Crippen LogP contribution in [0.2, 0.25) is 0 Å². The number of nitrogen functional groups attached to an aromatic ring is 1. The Morgan fingerprint density at radius 2 is 1.92 bits per heavy atom. The molecule has 26 heavy (non-hydrogen) atoms. The number of hydroxylamine groups is 2. The highest BCUT2D eigenvalue weighted by Crippen LogP contribution is 2.27. The Kier molecular flexibility index (Phi) is 4.49. The van der Waals surface area contributed by atoms with Gasteiger partial charge in [0.2, 0.25) is 5.88 Å². The molecule has 0 atom stereocenters. The first kappa shape index (κ1) is 16.1. The maximum absolute atomic E-state index is 5.92. The highest BCUT2D eigenvalue weighted by atomic mass is 16.7. The van der Waals surface area contributed by atoms with Gasteiger partial charge in [-0.25, -0.2) is 9.97 Å². The predicted molar refractivity (Wildman–Crippen MR) is 98.9 cm³/mol. The molecule has 6 nitrogen and oxygen atoms in total. The molecule has 0 aliphatic carbocycles. The average molecular weight is 346 g/mol.